The zero-order valence-electron chi connectivity index (χ0n) is 13.7. The summed E-state index contributed by atoms with van der Waals surface area (Å²) in [4.78, 5) is 19.6. The standard InChI is InChI=1S/C20H20N2OS/c1-14-7-4-5-12-22(14)20(23)16-9-6-8-15(13-16)19-21-17-10-2-3-11-18(17)24-19/h2-3,6,8-11,13-14H,4-5,7,12H2,1H3/t14-/m1/s1. The van der Waals surface area contributed by atoms with Gasteiger partial charge in [0.25, 0.3) is 5.91 Å². The van der Waals surface area contributed by atoms with E-state index in [1.165, 1.54) is 11.1 Å². The largest absolute Gasteiger partial charge is 0.336 e. The second-order valence-electron chi connectivity index (χ2n) is 6.41. The van der Waals surface area contributed by atoms with Crippen LogP contribution >= 0.6 is 11.3 Å². The number of hydrogen-bond acceptors (Lipinski definition) is 3. The van der Waals surface area contributed by atoms with Gasteiger partial charge in [-0.25, -0.2) is 4.98 Å². The monoisotopic (exact) mass is 336 g/mol. The second-order valence-corrected chi connectivity index (χ2v) is 7.44. The van der Waals surface area contributed by atoms with Crippen molar-refractivity contribution >= 4 is 27.5 Å². The molecule has 0 radical (unpaired) electrons. The van der Waals surface area contributed by atoms with Gasteiger partial charge in [0.2, 0.25) is 0 Å². The third-order valence-corrected chi connectivity index (χ3v) is 5.80. The van der Waals surface area contributed by atoms with Crippen LogP contribution in [0.2, 0.25) is 0 Å². The fraction of sp³-hybridized carbons (Fsp3) is 0.300. The lowest BCUT2D eigenvalue weighted by molar-refractivity contribution is 0.0635. The van der Waals surface area contributed by atoms with Crippen LogP contribution < -0.4 is 0 Å². The number of aromatic nitrogens is 1. The van der Waals surface area contributed by atoms with Crippen molar-refractivity contribution in [3.8, 4) is 10.6 Å². The number of likely N-dealkylation sites (tertiary alicyclic amines) is 1. The Morgan fingerprint density at radius 1 is 1.17 bits per heavy atom. The molecule has 0 bridgehead atoms. The fourth-order valence-corrected chi connectivity index (χ4v) is 4.31. The molecule has 1 atom stereocenters. The average molecular weight is 336 g/mol. The molecule has 0 unspecified atom stereocenters. The maximum Gasteiger partial charge on any atom is 0.254 e. The molecule has 4 heteroatoms. The van der Waals surface area contributed by atoms with Crippen molar-refractivity contribution in [2.45, 2.75) is 32.2 Å². The normalized spacial score (nSPS) is 18.0. The van der Waals surface area contributed by atoms with E-state index in [1.54, 1.807) is 11.3 Å². The number of carbonyl (C=O) groups is 1. The Kier molecular flexibility index (Phi) is 4.07. The molecule has 1 aliphatic heterocycles. The minimum absolute atomic E-state index is 0.144. The summed E-state index contributed by atoms with van der Waals surface area (Å²) in [6, 6.07) is 16.4. The van der Waals surface area contributed by atoms with E-state index >= 15 is 0 Å². The molecule has 3 aromatic rings. The van der Waals surface area contributed by atoms with Crippen molar-refractivity contribution in [1.82, 2.24) is 9.88 Å². The summed E-state index contributed by atoms with van der Waals surface area (Å²) >= 11 is 1.67. The molecule has 122 valence electrons. The summed E-state index contributed by atoms with van der Waals surface area (Å²) in [7, 11) is 0. The molecular weight excluding hydrogens is 316 g/mol. The predicted octanol–water partition coefficient (Wildman–Crippen LogP) is 4.98. The number of piperidine rings is 1. The van der Waals surface area contributed by atoms with Crippen LogP contribution in [-0.4, -0.2) is 28.4 Å². The fourth-order valence-electron chi connectivity index (χ4n) is 3.35. The lowest BCUT2D eigenvalue weighted by atomic mass is 10.0. The molecule has 24 heavy (non-hydrogen) atoms. The first-order chi connectivity index (χ1) is 11.7. The summed E-state index contributed by atoms with van der Waals surface area (Å²) in [5.41, 5.74) is 2.80. The number of thiazole rings is 1. The molecule has 1 amide bonds. The first-order valence-corrected chi connectivity index (χ1v) is 9.31. The average Bonchev–Trinajstić information content (AvgIpc) is 3.06. The molecule has 0 spiro atoms. The van der Waals surface area contributed by atoms with Gasteiger partial charge in [0.15, 0.2) is 0 Å². The highest BCUT2D eigenvalue weighted by molar-refractivity contribution is 7.21. The van der Waals surface area contributed by atoms with Crippen molar-refractivity contribution in [2.75, 3.05) is 6.54 Å². The lowest BCUT2D eigenvalue weighted by Crippen LogP contribution is -2.42. The molecule has 1 aliphatic rings. The topological polar surface area (TPSA) is 33.2 Å². The van der Waals surface area contributed by atoms with Crippen molar-refractivity contribution in [1.29, 1.82) is 0 Å². The van der Waals surface area contributed by atoms with Gasteiger partial charge in [-0.15, -0.1) is 11.3 Å². The highest BCUT2D eigenvalue weighted by Crippen LogP contribution is 2.30. The minimum atomic E-state index is 0.144. The number of carbonyl (C=O) groups excluding carboxylic acids is 1. The van der Waals surface area contributed by atoms with Gasteiger partial charge in [-0.05, 0) is 50.5 Å². The molecule has 2 aromatic carbocycles. The van der Waals surface area contributed by atoms with Gasteiger partial charge in [0.1, 0.15) is 5.01 Å². The van der Waals surface area contributed by atoms with Crippen molar-refractivity contribution in [3.05, 3.63) is 54.1 Å². The van der Waals surface area contributed by atoms with Crippen LogP contribution in [0.3, 0.4) is 0 Å². The Labute approximate surface area is 146 Å². The zero-order chi connectivity index (χ0) is 16.5. The molecule has 0 N–H and O–H groups in total. The van der Waals surface area contributed by atoms with Gasteiger partial charge in [0, 0.05) is 23.7 Å². The number of nitrogens with zero attached hydrogens (tertiary/aromatic N) is 2. The lowest BCUT2D eigenvalue weighted by Gasteiger charge is -2.33. The quantitative estimate of drug-likeness (QED) is 0.661. The van der Waals surface area contributed by atoms with E-state index in [-0.39, 0.29) is 5.91 Å². The first-order valence-electron chi connectivity index (χ1n) is 8.49. The Hall–Kier alpha value is -2.20. The Morgan fingerprint density at radius 3 is 2.88 bits per heavy atom. The van der Waals surface area contributed by atoms with Gasteiger partial charge in [0.05, 0.1) is 10.2 Å². The maximum atomic E-state index is 12.9. The van der Waals surface area contributed by atoms with Gasteiger partial charge in [-0.2, -0.15) is 0 Å². The van der Waals surface area contributed by atoms with Crippen LogP contribution in [0.5, 0.6) is 0 Å². The number of hydrogen-bond donors (Lipinski definition) is 0. The third kappa shape index (κ3) is 2.82. The van der Waals surface area contributed by atoms with E-state index in [0.717, 1.165) is 41.0 Å². The van der Waals surface area contributed by atoms with E-state index in [9.17, 15) is 4.79 Å². The molecule has 4 rings (SSSR count). The van der Waals surface area contributed by atoms with Gasteiger partial charge in [-0.1, -0.05) is 24.3 Å². The molecular formula is C20H20N2OS. The van der Waals surface area contributed by atoms with Crippen LogP contribution in [0, 0.1) is 0 Å². The van der Waals surface area contributed by atoms with E-state index in [0.29, 0.717) is 6.04 Å². The number of benzene rings is 2. The molecule has 1 fully saturated rings. The smallest absolute Gasteiger partial charge is 0.254 e. The van der Waals surface area contributed by atoms with Crippen LogP contribution in [0.25, 0.3) is 20.8 Å². The van der Waals surface area contributed by atoms with Gasteiger partial charge >= 0.3 is 0 Å². The van der Waals surface area contributed by atoms with Crippen LogP contribution in [0.15, 0.2) is 48.5 Å². The highest BCUT2D eigenvalue weighted by atomic mass is 32.1. The summed E-state index contributed by atoms with van der Waals surface area (Å²) in [6.45, 7) is 3.01. The zero-order valence-corrected chi connectivity index (χ0v) is 14.6. The van der Waals surface area contributed by atoms with E-state index in [4.69, 9.17) is 4.98 Å². The first kappa shape index (κ1) is 15.3. The van der Waals surface area contributed by atoms with Crippen LogP contribution in [0.4, 0.5) is 0 Å². The van der Waals surface area contributed by atoms with E-state index < -0.39 is 0 Å². The summed E-state index contributed by atoms with van der Waals surface area (Å²) in [5, 5.41) is 0.970. The minimum Gasteiger partial charge on any atom is -0.336 e. The molecule has 1 aromatic heterocycles. The summed E-state index contributed by atoms with van der Waals surface area (Å²) < 4.78 is 1.17. The number of para-hydroxylation sites is 1. The van der Waals surface area contributed by atoms with E-state index in [2.05, 4.69) is 13.0 Å². The van der Waals surface area contributed by atoms with Crippen molar-refractivity contribution in [2.24, 2.45) is 0 Å². The summed E-state index contributed by atoms with van der Waals surface area (Å²) in [6.07, 6.45) is 3.42. The second kappa shape index (κ2) is 6.36. The molecule has 3 nitrogen and oxygen atoms in total. The van der Waals surface area contributed by atoms with Crippen molar-refractivity contribution in [3.63, 3.8) is 0 Å². The molecule has 2 heterocycles. The Balaban J connectivity index is 1.67. The molecule has 1 saturated heterocycles. The number of rotatable bonds is 2. The number of fused-ring (bicyclic) bond motifs is 1. The Morgan fingerprint density at radius 2 is 2.04 bits per heavy atom. The van der Waals surface area contributed by atoms with Gasteiger partial charge < -0.3 is 4.90 Å². The SMILES string of the molecule is C[C@@H]1CCCCN1C(=O)c1cccc(-c2nc3ccccc3s2)c1. The highest BCUT2D eigenvalue weighted by Gasteiger charge is 2.24. The summed E-state index contributed by atoms with van der Waals surface area (Å²) in [5.74, 6) is 0.144. The maximum absolute atomic E-state index is 12.9. The molecule has 0 aliphatic carbocycles. The third-order valence-electron chi connectivity index (χ3n) is 4.71. The predicted molar refractivity (Wildman–Crippen MR) is 99.4 cm³/mol. The van der Waals surface area contributed by atoms with Crippen LogP contribution in [-0.2, 0) is 0 Å². The number of amides is 1. The van der Waals surface area contributed by atoms with Gasteiger partial charge in [-0.3, -0.25) is 4.79 Å². The molecule has 0 saturated carbocycles. The van der Waals surface area contributed by atoms with Crippen molar-refractivity contribution < 1.29 is 4.79 Å². The van der Waals surface area contributed by atoms with Crippen LogP contribution in [0.1, 0.15) is 36.5 Å². The van der Waals surface area contributed by atoms with E-state index in [1.807, 2.05) is 47.4 Å². The Bertz CT molecular complexity index is 853.